The summed E-state index contributed by atoms with van der Waals surface area (Å²) in [6.07, 6.45) is 4.13. The lowest BCUT2D eigenvalue weighted by atomic mass is 10.1. The molecule has 0 bridgehead atoms. The third-order valence-electron chi connectivity index (χ3n) is 6.01. The summed E-state index contributed by atoms with van der Waals surface area (Å²) in [6.45, 7) is 6.29. The number of benzene rings is 1. The number of carbonyl (C=O) groups is 1. The lowest BCUT2D eigenvalue weighted by molar-refractivity contribution is -0.111. The Bertz CT molecular complexity index is 1530. The Morgan fingerprint density at radius 3 is 2.57 bits per heavy atom. The van der Waals surface area contributed by atoms with E-state index in [0.29, 0.717) is 30.2 Å². The average Bonchev–Trinajstić information content (AvgIpc) is 3.35. The van der Waals surface area contributed by atoms with Crippen LogP contribution in [-0.4, -0.2) is 60.6 Å². The van der Waals surface area contributed by atoms with Crippen LogP contribution in [-0.2, 0) is 30.9 Å². The number of hydrogen-bond donors (Lipinski definition) is 2. The maximum atomic E-state index is 12.8. The fourth-order valence-electron chi connectivity index (χ4n) is 4.20. The molecule has 0 atom stereocenters. The number of morpholine rings is 1. The highest BCUT2D eigenvalue weighted by Gasteiger charge is 2.18. The zero-order chi connectivity index (χ0) is 25.8. The SMILES string of the molecule is C=CC(=O)Nc1ccc(CS(=O)(=O)Cc2ccc(-c3cc4c(N5CCOCC5)ncnc4[nH]3)cc2)nc1. The Kier molecular flexibility index (Phi) is 6.97. The Morgan fingerprint density at radius 2 is 1.86 bits per heavy atom. The molecule has 0 radical (unpaired) electrons. The van der Waals surface area contributed by atoms with E-state index in [9.17, 15) is 13.2 Å². The number of fused-ring (bicyclic) bond motifs is 1. The highest BCUT2D eigenvalue weighted by Crippen LogP contribution is 2.29. The lowest BCUT2D eigenvalue weighted by Gasteiger charge is -2.27. The number of rotatable bonds is 8. The van der Waals surface area contributed by atoms with E-state index in [2.05, 4.69) is 36.7 Å². The maximum Gasteiger partial charge on any atom is 0.247 e. The number of aromatic amines is 1. The van der Waals surface area contributed by atoms with Crippen molar-refractivity contribution in [2.24, 2.45) is 0 Å². The van der Waals surface area contributed by atoms with Gasteiger partial charge in [-0.15, -0.1) is 0 Å². The third kappa shape index (κ3) is 5.84. The van der Waals surface area contributed by atoms with Crippen LogP contribution in [0.1, 0.15) is 11.3 Å². The molecule has 190 valence electrons. The van der Waals surface area contributed by atoms with E-state index in [1.54, 1.807) is 18.5 Å². The minimum atomic E-state index is -3.45. The first-order valence-corrected chi connectivity index (χ1v) is 13.6. The topological polar surface area (TPSA) is 130 Å². The van der Waals surface area contributed by atoms with Crippen LogP contribution in [0.25, 0.3) is 22.3 Å². The smallest absolute Gasteiger partial charge is 0.247 e. The number of nitrogens with zero attached hydrogens (tertiary/aromatic N) is 4. The van der Waals surface area contributed by atoms with Gasteiger partial charge in [-0.2, -0.15) is 0 Å². The number of aromatic nitrogens is 4. The van der Waals surface area contributed by atoms with Crippen molar-refractivity contribution in [2.45, 2.75) is 11.5 Å². The molecule has 4 aromatic rings. The van der Waals surface area contributed by atoms with Gasteiger partial charge in [0.15, 0.2) is 9.84 Å². The second-order valence-electron chi connectivity index (χ2n) is 8.70. The largest absolute Gasteiger partial charge is 0.378 e. The van der Waals surface area contributed by atoms with Crippen molar-refractivity contribution in [1.82, 2.24) is 19.9 Å². The van der Waals surface area contributed by atoms with E-state index in [1.807, 2.05) is 30.3 Å². The zero-order valence-electron chi connectivity index (χ0n) is 20.1. The van der Waals surface area contributed by atoms with Crippen LogP contribution < -0.4 is 10.2 Å². The van der Waals surface area contributed by atoms with Gasteiger partial charge in [-0.05, 0) is 35.4 Å². The molecule has 37 heavy (non-hydrogen) atoms. The molecule has 1 aliphatic rings. The van der Waals surface area contributed by atoms with Crippen LogP contribution >= 0.6 is 0 Å². The zero-order valence-corrected chi connectivity index (χ0v) is 20.9. The van der Waals surface area contributed by atoms with Crippen LogP contribution in [0, 0.1) is 0 Å². The van der Waals surface area contributed by atoms with Crippen LogP contribution in [0.15, 0.2) is 67.6 Å². The Hall–Kier alpha value is -4.09. The van der Waals surface area contributed by atoms with E-state index in [4.69, 9.17) is 4.74 Å². The lowest BCUT2D eigenvalue weighted by Crippen LogP contribution is -2.36. The first-order valence-electron chi connectivity index (χ1n) is 11.7. The molecule has 2 N–H and O–H groups in total. The number of hydrogen-bond acceptors (Lipinski definition) is 8. The fraction of sp³-hybridized carbons (Fsp3) is 0.231. The van der Waals surface area contributed by atoms with E-state index >= 15 is 0 Å². The van der Waals surface area contributed by atoms with E-state index in [1.165, 1.54) is 6.20 Å². The Balaban J connectivity index is 1.28. The summed E-state index contributed by atoms with van der Waals surface area (Å²) in [4.78, 5) is 29.9. The number of anilines is 2. The van der Waals surface area contributed by atoms with Gasteiger partial charge in [-0.3, -0.25) is 9.78 Å². The molecule has 10 nitrogen and oxygen atoms in total. The molecule has 1 fully saturated rings. The molecular weight excluding hydrogens is 492 g/mol. The van der Waals surface area contributed by atoms with Gasteiger partial charge in [0.2, 0.25) is 5.91 Å². The molecule has 1 saturated heterocycles. The van der Waals surface area contributed by atoms with Gasteiger partial charge in [0, 0.05) is 18.8 Å². The Labute approximate surface area is 214 Å². The van der Waals surface area contributed by atoms with Gasteiger partial charge < -0.3 is 19.9 Å². The summed E-state index contributed by atoms with van der Waals surface area (Å²) in [7, 11) is -3.45. The normalized spacial score (nSPS) is 14.0. The predicted molar refractivity (Wildman–Crippen MR) is 142 cm³/mol. The number of carbonyl (C=O) groups excluding carboxylic acids is 1. The molecule has 4 heterocycles. The van der Waals surface area contributed by atoms with E-state index < -0.39 is 9.84 Å². The number of H-pyrrole nitrogens is 1. The van der Waals surface area contributed by atoms with Gasteiger partial charge in [0.05, 0.1) is 47.7 Å². The minimum absolute atomic E-state index is 0.108. The molecular formula is C26H26N6O4S. The van der Waals surface area contributed by atoms with Crippen LogP contribution in [0.4, 0.5) is 11.5 Å². The summed E-state index contributed by atoms with van der Waals surface area (Å²) in [6, 6.07) is 12.6. The van der Waals surface area contributed by atoms with Gasteiger partial charge in [0.1, 0.15) is 17.8 Å². The van der Waals surface area contributed by atoms with Crippen molar-refractivity contribution in [3.8, 4) is 11.3 Å². The van der Waals surface area contributed by atoms with Gasteiger partial charge in [-0.25, -0.2) is 18.4 Å². The summed E-state index contributed by atoms with van der Waals surface area (Å²) >= 11 is 0. The highest BCUT2D eigenvalue weighted by atomic mass is 32.2. The van der Waals surface area contributed by atoms with Crippen molar-refractivity contribution in [2.75, 3.05) is 36.5 Å². The molecule has 11 heteroatoms. The van der Waals surface area contributed by atoms with Crippen molar-refractivity contribution < 1.29 is 17.9 Å². The standard InChI is InChI=1S/C26H26N6O4S/c1-2-24(33)30-20-7-8-21(27-14-20)16-37(34,35)15-18-3-5-19(6-4-18)23-13-22-25(31-23)28-17-29-26(22)32-9-11-36-12-10-32/h2-8,13-14,17H,1,9-12,15-16H2,(H,30,33)(H,28,29,31). The minimum Gasteiger partial charge on any atom is -0.378 e. The van der Waals surface area contributed by atoms with Gasteiger partial charge in [0.25, 0.3) is 0 Å². The average molecular weight is 519 g/mol. The number of pyridine rings is 1. The molecule has 0 saturated carbocycles. The molecule has 1 amide bonds. The number of nitrogens with one attached hydrogen (secondary N) is 2. The van der Waals surface area contributed by atoms with Crippen LogP contribution in [0.2, 0.25) is 0 Å². The molecule has 1 aliphatic heterocycles. The second-order valence-corrected chi connectivity index (χ2v) is 10.8. The van der Waals surface area contributed by atoms with Crippen molar-refractivity contribution in [1.29, 1.82) is 0 Å². The van der Waals surface area contributed by atoms with Crippen molar-refractivity contribution in [3.05, 3.63) is 78.9 Å². The highest BCUT2D eigenvalue weighted by molar-refractivity contribution is 7.89. The summed E-state index contributed by atoms with van der Waals surface area (Å²) in [5.74, 6) is 0.213. The van der Waals surface area contributed by atoms with Crippen LogP contribution in [0.3, 0.4) is 0 Å². The summed E-state index contributed by atoms with van der Waals surface area (Å²) in [5.41, 5.74) is 4.12. The Morgan fingerprint density at radius 1 is 1.08 bits per heavy atom. The number of ether oxygens (including phenoxy) is 1. The maximum absolute atomic E-state index is 12.8. The predicted octanol–water partition coefficient (Wildman–Crippen LogP) is 3.10. The van der Waals surface area contributed by atoms with Gasteiger partial charge in [-0.1, -0.05) is 30.8 Å². The number of amides is 1. The molecule has 1 aromatic carbocycles. The van der Waals surface area contributed by atoms with Crippen molar-refractivity contribution >= 4 is 38.3 Å². The number of sulfone groups is 1. The second kappa shape index (κ2) is 10.5. The first kappa shape index (κ1) is 24.6. The quantitative estimate of drug-likeness (QED) is 0.340. The first-order chi connectivity index (χ1) is 17.9. The molecule has 5 rings (SSSR count). The van der Waals surface area contributed by atoms with Gasteiger partial charge >= 0.3 is 0 Å². The van der Waals surface area contributed by atoms with E-state index in [-0.39, 0.29) is 17.4 Å². The molecule has 0 unspecified atom stereocenters. The van der Waals surface area contributed by atoms with Crippen LogP contribution in [0.5, 0.6) is 0 Å². The molecule has 0 spiro atoms. The monoisotopic (exact) mass is 518 g/mol. The fourth-order valence-corrected chi connectivity index (χ4v) is 5.62. The molecule has 3 aromatic heterocycles. The third-order valence-corrected chi connectivity index (χ3v) is 7.52. The summed E-state index contributed by atoms with van der Waals surface area (Å²) in [5, 5.41) is 3.52. The molecule has 0 aliphatic carbocycles. The van der Waals surface area contributed by atoms with Crippen molar-refractivity contribution in [3.63, 3.8) is 0 Å². The van der Waals surface area contributed by atoms with E-state index in [0.717, 1.165) is 47.3 Å². The summed E-state index contributed by atoms with van der Waals surface area (Å²) < 4.78 is 31.0.